The lowest BCUT2D eigenvalue weighted by Crippen LogP contribution is -2.18. The molecule has 34 heavy (non-hydrogen) atoms. The van der Waals surface area contributed by atoms with Crippen LogP contribution >= 0.6 is 0 Å². The van der Waals surface area contributed by atoms with Crippen molar-refractivity contribution in [2.24, 2.45) is 5.10 Å². The summed E-state index contributed by atoms with van der Waals surface area (Å²) >= 11 is 0. The normalized spacial score (nSPS) is 11.3. The summed E-state index contributed by atoms with van der Waals surface area (Å²) in [5.41, 5.74) is 7.27. The van der Waals surface area contributed by atoms with Crippen molar-refractivity contribution in [3.05, 3.63) is 77.6 Å². The zero-order valence-electron chi connectivity index (χ0n) is 19.8. The maximum Gasteiger partial charge on any atom is 0.272 e. The Kier molecular flexibility index (Phi) is 7.32. The van der Waals surface area contributed by atoms with Crippen molar-refractivity contribution in [2.45, 2.75) is 40.2 Å². The van der Waals surface area contributed by atoms with E-state index in [1.807, 2.05) is 73.3 Å². The fourth-order valence-corrected chi connectivity index (χ4v) is 3.61. The third-order valence-corrected chi connectivity index (χ3v) is 5.56. The van der Waals surface area contributed by atoms with Crippen LogP contribution in [-0.2, 0) is 6.54 Å². The third-order valence-electron chi connectivity index (χ3n) is 5.56. The molecule has 0 bridgehead atoms. The van der Waals surface area contributed by atoms with Crippen molar-refractivity contribution >= 4 is 23.0 Å². The first kappa shape index (κ1) is 23.2. The van der Waals surface area contributed by atoms with E-state index in [9.17, 15) is 4.79 Å². The van der Waals surface area contributed by atoms with Gasteiger partial charge in [0, 0.05) is 29.3 Å². The van der Waals surface area contributed by atoms with E-state index in [0.717, 1.165) is 52.9 Å². The number of amides is 1. The molecule has 4 rings (SSSR count). The molecule has 7 heteroatoms. The number of hydrogen-bond acceptors (Lipinski definition) is 5. The van der Waals surface area contributed by atoms with E-state index in [1.54, 1.807) is 12.3 Å². The number of ether oxygens (including phenoxy) is 1. The highest BCUT2D eigenvalue weighted by atomic mass is 16.5. The van der Waals surface area contributed by atoms with E-state index in [1.165, 1.54) is 0 Å². The minimum Gasteiger partial charge on any atom is -0.494 e. The van der Waals surface area contributed by atoms with Crippen molar-refractivity contribution < 1.29 is 9.53 Å². The first-order valence-corrected chi connectivity index (χ1v) is 11.6. The van der Waals surface area contributed by atoms with Crippen LogP contribution in [0.1, 0.15) is 48.3 Å². The Bertz CT molecular complexity index is 1310. The number of aryl methyl sites for hydroxylation is 2. The molecule has 1 N–H and O–H groups in total. The summed E-state index contributed by atoms with van der Waals surface area (Å²) < 4.78 is 7.60. The first-order chi connectivity index (χ1) is 16.6. The number of rotatable bonds is 9. The molecule has 7 nitrogen and oxygen atoms in total. The Balaban J connectivity index is 1.59. The van der Waals surface area contributed by atoms with Crippen LogP contribution in [0.25, 0.3) is 22.2 Å². The Hall–Kier alpha value is -4.00. The van der Waals surface area contributed by atoms with Gasteiger partial charge in [0.25, 0.3) is 5.91 Å². The van der Waals surface area contributed by atoms with Gasteiger partial charge in [-0.15, -0.1) is 0 Å². The number of nitrogens with one attached hydrogen (secondary N) is 1. The number of benzene rings is 2. The Morgan fingerprint density at radius 3 is 2.68 bits per heavy atom. The summed E-state index contributed by atoms with van der Waals surface area (Å²) in [6.07, 6.45) is 5.64. The predicted molar refractivity (Wildman–Crippen MR) is 135 cm³/mol. The fraction of sp³-hybridized carbons (Fsp3) is 0.259. The first-order valence-electron chi connectivity index (χ1n) is 11.6. The number of pyridine rings is 1. The quantitative estimate of drug-likeness (QED) is 0.209. The van der Waals surface area contributed by atoms with Gasteiger partial charge in [-0.3, -0.25) is 9.48 Å². The van der Waals surface area contributed by atoms with Gasteiger partial charge in [0.15, 0.2) is 0 Å². The van der Waals surface area contributed by atoms with Crippen LogP contribution in [0.2, 0.25) is 0 Å². The monoisotopic (exact) mass is 455 g/mol. The minimum atomic E-state index is -0.295. The molecule has 0 aliphatic heterocycles. The van der Waals surface area contributed by atoms with Crippen LogP contribution in [-0.4, -0.2) is 33.5 Å². The molecule has 4 aromatic rings. The van der Waals surface area contributed by atoms with E-state index in [2.05, 4.69) is 22.5 Å². The van der Waals surface area contributed by atoms with Gasteiger partial charge in [0.1, 0.15) is 5.75 Å². The molecular formula is C27H29N5O2. The van der Waals surface area contributed by atoms with Crippen molar-refractivity contribution in [2.75, 3.05) is 6.61 Å². The van der Waals surface area contributed by atoms with Crippen molar-refractivity contribution in [1.82, 2.24) is 20.2 Å². The van der Waals surface area contributed by atoms with Crippen LogP contribution < -0.4 is 10.2 Å². The zero-order chi connectivity index (χ0) is 23.9. The smallest absolute Gasteiger partial charge is 0.272 e. The zero-order valence-corrected chi connectivity index (χ0v) is 19.8. The van der Waals surface area contributed by atoms with Crippen LogP contribution in [0.5, 0.6) is 5.75 Å². The van der Waals surface area contributed by atoms with Gasteiger partial charge in [-0.1, -0.05) is 31.5 Å². The average Bonchev–Trinajstić information content (AvgIpc) is 3.23. The summed E-state index contributed by atoms with van der Waals surface area (Å²) in [5, 5.41) is 9.33. The summed E-state index contributed by atoms with van der Waals surface area (Å²) in [7, 11) is 0. The maximum atomic E-state index is 13.1. The molecule has 0 unspecified atom stereocenters. The number of aromatic nitrogens is 3. The second-order valence-electron chi connectivity index (χ2n) is 8.02. The lowest BCUT2D eigenvalue weighted by atomic mass is 10.0. The molecular weight excluding hydrogens is 426 g/mol. The van der Waals surface area contributed by atoms with Gasteiger partial charge in [0.2, 0.25) is 0 Å². The second kappa shape index (κ2) is 10.7. The Morgan fingerprint density at radius 2 is 1.94 bits per heavy atom. The molecule has 2 heterocycles. The topological polar surface area (TPSA) is 81.4 Å². The van der Waals surface area contributed by atoms with Gasteiger partial charge in [-0.25, -0.2) is 10.4 Å². The molecule has 0 atom stereocenters. The van der Waals surface area contributed by atoms with E-state index >= 15 is 0 Å². The third kappa shape index (κ3) is 5.31. The molecule has 1 amide bonds. The summed E-state index contributed by atoms with van der Waals surface area (Å²) in [6, 6.07) is 17.2. The van der Waals surface area contributed by atoms with Crippen LogP contribution in [0.4, 0.5) is 0 Å². The Labute approximate surface area is 199 Å². The summed E-state index contributed by atoms with van der Waals surface area (Å²) in [5.74, 6) is 0.531. The number of unbranched alkanes of at least 4 members (excludes halogenated alkanes) is 1. The van der Waals surface area contributed by atoms with Gasteiger partial charge in [0.05, 0.1) is 35.3 Å². The molecule has 0 aliphatic carbocycles. The summed E-state index contributed by atoms with van der Waals surface area (Å²) in [4.78, 5) is 17.9. The molecule has 0 saturated heterocycles. The van der Waals surface area contributed by atoms with E-state index in [-0.39, 0.29) is 5.91 Å². The van der Waals surface area contributed by atoms with Crippen molar-refractivity contribution in [3.63, 3.8) is 0 Å². The SMILES string of the molecule is CCCCOc1ccc(-c2cc(C(=O)NN=Cc3cn(CC)nc3C)c3ccccc3n2)cc1. The number of fused-ring (bicyclic) bond motifs is 1. The predicted octanol–water partition coefficient (Wildman–Crippen LogP) is 5.37. The van der Waals surface area contributed by atoms with E-state index in [0.29, 0.717) is 17.9 Å². The average molecular weight is 456 g/mol. The molecule has 174 valence electrons. The number of nitrogens with zero attached hydrogens (tertiary/aromatic N) is 4. The van der Waals surface area contributed by atoms with E-state index < -0.39 is 0 Å². The van der Waals surface area contributed by atoms with Crippen LogP contribution in [0.3, 0.4) is 0 Å². The number of hydrazone groups is 1. The van der Waals surface area contributed by atoms with Crippen LogP contribution in [0.15, 0.2) is 65.9 Å². The number of hydrogen-bond donors (Lipinski definition) is 1. The van der Waals surface area contributed by atoms with Gasteiger partial charge < -0.3 is 4.74 Å². The van der Waals surface area contributed by atoms with E-state index in [4.69, 9.17) is 9.72 Å². The minimum absolute atomic E-state index is 0.295. The molecule has 0 spiro atoms. The molecule has 2 aromatic carbocycles. The number of para-hydroxylation sites is 1. The maximum absolute atomic E-state index is 13.1. The number of carbonyl (C=O) groups is 1. The lowest BCUT2D eigenvalue weighted by molar-refractivity contribution is 0.0956. The fourth-order valence-electron chi connectivity index (χ4n) is 3.61. The van der Waals surface area contributed by atoms with Crippen molar-refractivity contribution in [3.8, 4) is 17.0 Å². The van der Waals surface area contributed by atoms with Crippen molar-refractivity contribution in [1.29, 1.82) is 0 Å². The van der Waals surface area contributed by atoms with Gasteiger partial charge in [-0.05, 0) is 56.7 Å². The standard InChI is InChI=1S/C27H29N5O2/c1-4-6-15-34-22-13-11-20(12-14-22)26-16-24(23-9-7-8-10-25(23)29-26)27(33)30-28-17-21-18-32(5-2)31-19(21)3/h7-14,16-18H,4-6,15H2,1-3H3,(H,30,33). The Morgan fingerprint density at radius 1 is 1.15 bits per heavy atom. The highest BCUT2D eigenvalue weighted by Gasteiger charge is 2.14. The molecule has 2 aromatic heterocycles. The number of carbonyl (C=O) groups excluding carboxylic acids is 1. The lowest BCUT2D eigenvalue weighted by Gasteiger charge is -2.10. The highest BCUT2D eigenvalue weighted by molar-refractivity contribution is 6.07. The van der Waals surface area contributed by atoms with Crippen LogP contribution in [0, 0.1) is 6.92 Å². The van der Waals surface area contributed by atoms with Gasteiger partial charge in [-0.2, -0.15) is 10.2 Å². The van der Waals surface area contributed by atoms with Gasteiger partial charge >= 0.3 is 0 Å². The molecule has 0 radical (unpaired) electrons. The highest BCUT2D eigenvalue weighted by Crippen LogP contribution is 2.26. The molecule has 0 fully saturated rings. The largest absolute Gasteiger partial charge is 0.494 e. The summed E-state index contributed by atoms with van der Waals surface area (Å²) in [6.45, 7) is 7.55. The molecule has 0 aliphatic rings. The molecule has 0 saturated carbocycles. The second-order valence-corrected chi connectivity index (χ2v) is 8.02.